The molecule has 1 aliphatic rings. The summed E-state index contributed by atoms with van der Waals surface area (Å²) in [6.07, 6.45) is 0. The Morgan fingerprint density at radius 2 is 1.32 bits per heavy atom. The summed E-state index contributed by atoms with van der Waals surface area (Å²) in [6.45, 7) is 4.34. The zero-order valence-corrected chi connectivity index (χ0v) is 25.5. The number of rotatable bonds is 9. The Balaban J connectivity index is 1.32. The largest absolute Gasteiger partial charge is 0.339 e. The number of nitrogens with zero attached hydrogens (tertiary/aromatic N) is 3. The van der Waals surface area contributed by atoms with E-state index in [9.17, 15) is 13.2 Å². The van der Waals surface area contributed by atoms with Crippen LogP contribution in [-0.4, -0.2) is 61.2 Å². The third-order valence-corrected chi connectivity index (χ3v) is 9.84. The smallest absolute Gasteiger partial charge is 0.243 e. The molecule has 1 fully saturated rings. The molecule has 4 aromatic carbocycles. The van der Waals surface area contributed by atoms with Crippen LogP contribution in [0.2, 0.25) is 0 Å². The second-order valence-electron chi connectivity index (χ2n) is 10.4. The number of hydrogen-bond donors (Lipinski definition) is 0. The molecule has 8 heteroatoms. The van der Waals surface area contributed by atoms with Crippen LogP contribution in [0, 0.1) is 6.92 Å². The second kappa shape index (κ2) is 13.1. The molecule has 41 heavy (non-hydrogen) atoms. The number of hydrogen-bond acceptors (Lipinski definition) is 4. The minimum absolute atomic E-state index is 0.0884. The zero-order chi connectivity index (χ0) is 28.8. The van der Waals surface area contributed by atoms with Crippen LogP contribution in [0.15, 0.2) is 119 Å². The molecule has 1 saturated heterocycles. The molecule has 6 nitrogen and oxygen atoms in total. The first-order valence-electron chi connectivity index (χ1n) is 13.7. The number of carbonyl (C=O) groups is 1. The van der Waals surface area contributed by atoms with Crippen LogP contribution in [-0.2, 0) is 21.4 Å². The van der Waals surface area contributed by atoms with Crippen LogP contribution in [0.3, 0.4) is 0 Å². The summed E-state index contributed by atoms with van der Waals surface area (Å²) in [5.74, 6) is -0.187. The van der Waals surface area contributed by atoms with Gasteiger partial charge in [0, 0.05) is 37.2 Å². The number of carbonyl (C=O) groups excluding carboxylic acids is 1. The fraction of sp³-hybridized carbons (Fsp3) is 0.242. The van der Waals surface area contributed by atoms with Crippen LogP contribution in [0.4, 0.5) is 0 Å². The summed E-state index contributed by atoms with van der Waals surface area (Å²) in [6, 6.07) is 35.2. The highest BCUT2D eigenvalue weighted by Gasteiger charge is 2.32. The Morgan fingerprint density at radius 3 is 1.85 bits per heavy atom. The Morgan fingerprint density at radius 1 is 0.780 bits per heavy atom. The average Bonchev–Trinajstić information content (AvgIpc) is 3.00. The number of sulfonamides is 1. The van der Waals surface area contributed by atoms with E-state index < -0.39 is 10.0 Å². The third kappa shape index (κ3) is 7.13. The van der Waals surface area contributed by atoms with Gasteiger partial charge in [-0.1, -0.05) is 106 Å². The van der Waals surface area contributed by atoms with Crippen molar-refractivity contribution in [3.8, 4) is 0 Å². The van der Waals surface area contributed by atoms with E-state index in [1.807, 2.05) is 43.3 Å². The molecule has 0 N–H and O–H groups in total. The van der Waals surface area contributed by atoms with Crippen molar-refractivity contribution in [1.29, 1.82) is 0 Å². The van der Waals surface area contributed by atoms with E-state index in [0.29, 0.717) is 26.2 Å². The molecule has 5 rings (SSSR count). The van der Waals surface area contributed by atoms with E-state index in [1.165, 1.54) is 15.4 Å². The van der Waals surface area contributed by atoms with Gasteiger partial charge in [-0.3, -0.25) is 9.69 Å². The molecule has 0 aromatic heterocycles. The maximum Gasteiger partial charge on any atom is 0.243 e. The Hall–Kier alpha value is -3.30. The van der Waals surface area contributed by atoms with Crippen LogP contribution >= 0.6 is 15.9 Å². The van der Waals surface area contributed by atoms with E-state index in [2.05, 4.69) is 69.4 Å². The average molecular weight is 633 g/mol. The lowest BCUT2D eigenvalue weighted by molar-refractivity contribution is -0.133. The highest BCUT2D eigenvalue weighted by molar-refractivity contribution is 9.10. The lowest BCUT2D eigenvalue weighted by Gasteiger charge is -2.40. The number of amides is 1. The van der Waals surface area contributed by atoms with Crippen LogP contribution in [0.5, 0.6) is 0 Å². The van der Waals surface area contributed by atoms with Crippen molar-refractivity contribution in [2.24, 2.45) is 0 Å². The molecular weight excluding hydrogens is 598 g/mol. The van der Waals surface area contributed by atoms with Gasteiger partial charge in [-0.2, -0.15) is 4.31 Å². The van der Waals surface area contributed by atoms with Gasteiger partial charge in [-0.15, -0.1) is 0 Å². The highest BCUT2D eigenvalue weighted by atomic mass is 79.9. The molecule has 1 aliphatic heterocycles. The van der Waals surface area contributed by atoms with Crippen molar-refractivity contribution in [3.05, 3.63) is 136 Å². The van der Waals surface area contributed by atoms with Gasteiger partial charge >= 0.3 is 0 Å². The number of piperazine rings is 1. The van der Waals surface area contributed by atoms with E-state index in [0.717, 1.165) is 15.6 Å². The number of aryl methyl sites for hydroxylation is 1. The van der Waals surface area contributed by atoms with Gasteiger partial charge in [0.05, 0.1) is 17.5 Å². The van der Waals surface area contributed by atoms with E-state index in [4.69, 9.17) is 0 Å². The normalized spacial score (nSPS) is 14.5. The second-order valence-corrected chi connectivity index (χ2v) is 13.2. The highest BCUT2D eigenvalue weighted by Crippen LogP contribution is 2.29. The standard InChI is InChI=1S/C33H34BrN3O3S/c1-26-12-14-27(15-13-26)24-37(41(39,40)31-18-16-30(34)17-19-31)25-32(38)35-20-22-36(23-21-35)33(28-8-4-2-5-9-28)29-10-6-3-7-11-29/h2-19,33H,20-25H2,1H3. The van der Waals surface area contributed by atoms with E-state index in [-0.39, 0.29) is 29.9 Å². The van der Waals surface area contributed by atoms with Gasteiger partial charge in [0.25, 0.3) is 0 Å². The summed E-state index contributed by atoms with van der Waals surface area (Å²) >= 11 is 3.37. The molecule has 212 valence electrons. The molecule has 0 atom stereocenters. The molecule has 4 aromatic rings. The zero-order valence-electron chi connectivity index (χ0n) is 23.1. The van der Waals surface area contributed by atoms with Crippen molar-refractivity contribution in [3.63, 3.8) is 0 Å². The Bertz CT molecular complexity index is 1500. The fourth-order valence-electron chi connectivity index (χ4n) is 5.24. The van der Waals surface area contributed by atoms with Gasteiger partial charge in [0.15, 0.2) is 0 Å². The van der Waals surface area contributed by atoms with Gasteiger partial charge in [0.2, 0.25) is 15.9 Å². The summed E-state index contributed by atoms with van der Waals surface area (Å²) < 4.78 is 29.5. The van der Waals surface area contributed by atoms with Gasteiger partial charge < -0.3 is 4.90 Å². The Kier molecular flexibility index (Phi) is 9.35. The maximum atomic E-state index is 13.7. The maximum absolute atomic E-state index is 13.7. The summed E-state index contributed by atoms with van der Waals surface area (Å²) in [4.78, 5) is 18.0. The molecule has 1 heterocycles. The molecule has 0 unspecified atom stereocenters. The topological polar surface area (TPSA) is 60.9 Å². The first kappa shape index (κ1) is 29.2. The molecule has 0 bridgehead atoms. The van der Waals surface area contributed by atoms with Crippen LogP contribution in [0.25, 0.3) is 0 Å². The first-order valence-corrected chi connectivity index (χ1v) is 16.0. The van der Waals surface area contributed by atoms with Crippen molar-refractivity contribution >= 4 is 31.9 Å². The predicted octanol–water partition coefficient (Wildman–Crippen LogP) is 5.88. The number of benzene rings is 4. The minimum Gasteiger partial charge on any atom is -0.339 e. The minimum atomic E-state index is -3.90. The van der Waals surface area contributed by atoms with Crippen molar-refractivity contribution in [2.45, 2.75) is 24.4 Å². The van der Waals surface area contributed by atoms with E-state index >= 15 is 0 Å². The first-order chi connectivity index (χ1) is 19.8. The van der Waals surface area contributed by atoms with E-state index in [1.54, 1.807) is 29.2 Å². The summed E-state index contributed by atoms with van der Waals surface area (Å²) in [5, 5.41) is 0. The lowest BCUT2D eigenvalue weighted by Crippen LogP contribution is -2.52. The molecule has 0 saturated carbocycles. The SMILES string of the molecule is Cc1ccc(CN(CC(=O)N2CCN(C(c3ccccc3)c3ccccc3)CC2)S(=O)(=O)c2ccc(Br)cc2)cc1. The summed E-state index contributed by atoms with van der Waals surface area (Å²) in [5.41, 5.74) is 4.35. The van der Waals surface area contributed by atoms with Gasteiger partial charge in [-0.05, 0) is 47.9 Å². The van der Waals surface area contributed by atoms with Crippen molar-refractivity contribution < 1.29 is 13.2 Å². The Labute approximate surface area is 251 Å². The van der Waals surface area contributed by atoms with Crippen molar-refractivity contribution in [1.82, 2.24) is 14.1 Å². The molecule has 0 radical (unpaired) electrons. The molecule has 0 spiro atoms. The molecular formula is C33H34BrN3O3S. The van der Waals surface area contributed by atoms with Crippen molar-refractivity contribution in [2.75, 3.05) is 32.7 Å². The van der Waals surface area contributed by atoms with Gasteiger partial charge in [0.1, 0.15) is 0 Å². The molecule has 1 amide bonds. The third-order valence-electron chi connectivity index (χ3n) is 7.51. The summed E-state index contributed by atoms with van der Waals surface area (Å²) in [7, 11) is -3.90. The van der Waals surface area contributed by atoms with Crippen LogP contribution < -0.4 is 0 Å². The lowest BCUT2D eigenvalue weighted by atomic mass is 9.96. The monoisotopic (exact) mass is 631 g/mol. The molecule has 0 aliphatic carbocycles. The quantitative estimate of drug-likeness (QED) is 0.231. The van der Waals surface area contributed by atoms with Crippen LogP contribution in [0.1, 0.15) is 28.3 Å². The van der Waals surface area contributed by atoms with Gasteiger partial charge in [-0.25, -0.2) is 8.42 Å². The predicted molar refractivity (Wildman–Crippen MR) is 166 cm³/mol. The number of halogens is 1. The fourth-order valence-corrected chi connectivity index (χ4v) is 6.89.